The van der Waals surface area contributed by atoms with Crippen molar-refractivity contribution in [3.05, 3.63) is 93.8 Å². The van der Waals surface area contributed by atoms with E-state index in [1.54, 1.807) is 0 Å². The molecule has 2 unspecified atom stereocenters. The van der Waals surface area contributed by atoms with Gasteiger partial charge in [-0.05, 0) is 109 Å². The summed E-state index contributed by atoms with van der Waals surface area (Å²) in [5, 5.41) is 3.86. The Hall–Kier alpha value is -2.28. The van der Waals surface area contributed by atoms with E-state index in [0.29, 0.717) is 0 Å². The van der Waals surface area contributed by atoms with Crippen molar-refractivity contribution in [3.63, 3.8) is 0 Å². The molecule has 0 bridgehead atoms. The molecule has 0 amide bonds. The van der Waals surface area contributed by atoms with Gasteiger partial charge in [-0.1, -0.05) is 91.6 Å². The van der Waals surface area contributed by atoms with Gasteiger partial charge in [0.2, 0.25) is 0 Å². The zero-order valence-corrected chi connectivity index (χ0v) is 24.0. The van der Waals surface area contributed by atoms with Gasteiger partial charge in [-0.3, -0.25) is 0 Å². The van der Waals surface area contributed by atoms with Gasteiger partial charge in [0.25, 0.3) is 0 Å². The monoisotopic (exact) mass is 473 g/mol. The average Bonchev–Trinajstić information content (AvgIpc) is 2.80. The fourth-order valence-corrected chi connectivity index (χ4v) is 5.36. The van der Waals surface area contributed by atoms with Crippen molar-refractivity contribution in [1.82, 2.24) is 5.32 Å². The minimum absolute atomic E-state index is 0.220. The fourth-order valence-electron chi connectivity index (χ4n) is 5.36. The third-order valence-corrected chi connectivity index (χ3v) is 7.69. The second-order valence-corrected chi connectivity index (χ2v) is 11.3. The Kier molecular flexibility index (Phi) is 11.3. The molecular formula is C34H51N. The molecule has 0 fully saturated rings. The molecule has 1 aliphatic carbocycles. The van der Waals surface area contributed by atoms with Crippen LogP contribution in [-0.4, -0.2) is 6.04 Å². The molecule has 0 aromatic heterocycles. The summed E-state index contributed by atoms with van der Waals surface area (Å²) in [6.07, 6.45) is 16.6. The van der Waals surface area contributed by atoms with Gasteiger partial charge < -0.3 is 5.32 Å². The number of hydrogen-bond acceptors (Lipinski definition) is 1. The largest absolute Gasteiger partial charge is 0.382 e. The predicted octanol–water partition coefficient (Wildman–Crippen LogP) is 10.1. The van der Waals surface area contributed by atoms with E-state index >= 15 is 0 Å². The summed E-state index contributed by atoms with van der Waals surface area (Å²) in [6, 6.07) is 9.47. The molecule has 2 atom stereocenters. The van der Waals surface area contributed by atoms with Crippen molar-refractivity contribution in [2.45, 2.75) is 118 Å². The molecule has 1 aromatic rings. The standard InChI is InChI=1S/C34H51N/c1-10-22-34(9,31-18-16-26(4)17-19-31)23-21-27(5)24-29(7)32(20-15-25(2)3)30(8)35-33-14-12-11-13-28(33)6/h15-20,24,30,35H,2,10-14,21-23H2,1,3-9H3/b20-15+,27-24+,32-29+. The van der Waals surface area contributed by atoms with Crippen LogP contribution in [0.5, 0.6) is 0 Å². The van der Waals surface area contributed by atoms with E-state index in [0.717, 1.165) is 12.0 Å². The van der Waals surface area contributed by atoms with Crippen LogP contribution in [0.25, 0.3) is 0 Å². The number of allylic oxidation sites excluding steroid dienone is 7. The topological polar surface area (TPSA) is 12.0 Å². The van der Waals surface area contributed by atoms with Gasteiger partial charge in [-0.25, -0.2) is 0 Å². The van der Waals surface area contributed by atoms with Crippen LogP contribution in [0, 0.1) is 6.92 Å². The zero-order chi connectivity index (χ0) is 26.0. The van der Waals surface area contributed by atoms with E-state index in [9.17, 15) is 0 Å². The molecule has 1 nitrogen and oxygen atoms in total. The van der Waals surface area contributed by atoms with Crippen LogP contribution < -0.4 is 5.32 Å². The summed E-state index contributed by atoms with van der Waals surface area (Å²) in [5.74, 6) is 0. The van der Waals surface area contributed by atoms with Gasteiger partial charge >= 0.3 is 0 Å². The Labute approximate surface area is 217 Å². The second kappa shape index (κ2) is 13.7. The van der Waals surface area contributed by atoms with E-state index in [1.165, 1.54) is 84.1 Å². The van der Waals surface area contributed by atoms with Crippen LogP contribution in [0.1, 0.15) is 111 Å². The van der Waals surface area contributed by atoms with Crippen LogP contribution >= 0.6 is 0 Å². The van der Waals surface area contributed by atoms with Gasteiger partial charge in [0.15, 0.2) is 0 Å². The fraction of sp³-hybridized carbons (Fsp3) is 0.529. The van der Waals surface area contributed by atoms with Gasteiger partial charge in [-0.15, -0.1) is 0 Å². The summed E-state index contributed by atoms with van der Waals surface area (Å²) in [7, 11) is 0. The Morgan fingerprint density at radius 3 is 2.29 bits per heavy atom. The van der Waals surface area contributed by atoms with E-state index in [1.807, 2.05) is 0 Å². The van der Waals surface area contributed by atoms with Gasteiger partial charge in [-0.2, -0.15) is 0 Å². The molecule has 1 N–H and O–H groups in total. The molecule has 0 saturated heterocycles. The lowest BCUT2D eigenvalue weighted by molar-refractivity contribution is 0.396. The minimum Gasteiger partial charge on any atom is -0.382 e. The maximum atomic E-state index is 4.09. The Morgan fingerprint density at radius 1 is 1.03 bits per heavy atom. The Balaban J connectivity index is 2.25. The molecule has 2 rings (SSSR count). The van der Waals surface area contributed by atoms with Crippen LogP contribution in [0.2, 0.25) is 0 Å². The predicted molar refractivity (Wildman–Crippen MR) is 157 cm³/mol. The van der Waals surface area contributed by atoms with E-state index < -0.39 is 0 Å². The lowest BCUT2D eigenvalue weighted by atomic mass is 9.74. The average molecular weight is 474 g/mol. The van der Waals surface area contributed by atoms with Crippen molar-refractivity contribution in [2.75, 3.05) is 0 Å². The maximum Gasteiger partial charge on any atom is 0.0485 e. The summed E-state index contributed by atoms with van der Waals surface area (Å²) >= 11 is 0. The molecule has 1 aromatic carbocycles. The summed E-state index contributed by atoms with van der Waals surface area (Å²) < 4.78 is 0. The number of aryl methyl sites for hydroxylation is 1. The zero-order valence-electron chi connectivity index (χ0n) is 24.0. The highest BCUT2D eigenvalue weighted by molar-refractivity contribution is 5.39. The summed E-state index contributed by atoms with van der Waals surface area (Å²) in [6.45, 7) is 22.2. The molecule has 0 heterocycles. The van der Waals surface area contributed by atoms with Crippen molar-refractivity contribution >= 4 is 0 Å². The lowest BCUT2D eigenvalue weighted by Crippen LogP contribution is -2.29. The van der Waals surface area contributed by atoms with Crippen LogP contribution in [0.15, 0.2) is 82.6 Å². The molecule has 0 aliphatic heterocycles. The quantitative estimate of drug-likeness (QED) is 0.298. The van der Waals surface area contributed by atoms with Gasteiger partial charge in [0.05, 0.1) is 0 Å². The number of nitrogens with one attached hydrogen (secondary N) is 1. The minimum atomic E-state index is 0.220. The van der Waals surface area contributed by atoms with Crippen LogP contribution in [-0.2, 0) is 5.41 Å². The number of benzene rings is 1. The molecule has 0 saturated carbocycles. The first-order valence-electron chi connectivity index (χ1n) is 13.8. The molecule has 192 valence electrons. The van der Waals surface area contributed by atoms with Crippen molar-refractivity contribution < 1.29 is 0 Å². The van der Waals surface area contributed by atoms with Crippen molar-refractivity contribution in [2.24, 2.45) is 0 Å². The lowest BCUT2D eigenvalue weighted by Gasteiger charge is -2.30. The maximum absolute atomic E-state index is 4.09. The molecular weight excluding hydrogens is 422 g/mol. The third-order valence-electron chi connectivity index (χ3n) is 7.69. The van der Waals surface area contributed by atoms with Gasteiger partial charge in [0, 0.05) is 11.7 Å². The molecule has 1 aliphatic rings. The first kappa shape index (κ1) is 29.0. The number of hydrogen-bond donors (Lipinski definition) is 1. The smallest absolute Gasteiger partial charge is 0.0485 e. The van der Waals surface area contributed by atoms with E-state index in [-0.39, 0.29) is 11.5 Å². The first-order valence-corrected chi connectivity index (χ1v) is 13.8. The van der Waals surface area contributed by atoms with E-state index in [2.05, 4.69) is 110 Å². The molecule has 1 heteroatoms. The Morgan fingerprint density at radius 2 is 1.69 bits per heavy atom. The third kappa shape index (κ3) is 9.02. The van der Waals surface area contributed by atoms with Crippen molar-refractivity contribution in [1.29, 1.82) is 0 Å². The second-order valence-electron chi connectivity index (χ2n) is 11.3. The molecule has 35 heavy (non-hydrogen) atoms. The first-order chi connectivity index (χ1) is 16.6. The SMILES string of the molecule is C=C(C)/C=C/C(=C(C)\C=C(/C)CCC(C)(CCC)c1ccc(C)cc1)C(C)NC1=C(C)CCCC1. The Bertz CT molecular complexity index is 966. The summed E-state index contributed by atoms with van der Waals surface area (Å²) in [5.41, 5.74) is 11.3. The van der Waals surface area contributed by atoms with Crippen LogP contribution in [0.4, 0.5) is 0 Å². The van der Waals surface area contributed by atoms with Crippen LogP contribution in [0.3, 0.4) is 0 Å². The highest BCUT2D eigenvalue weighted by Crippen LogP contribution is 2.35. The van der Waals surface area contributed by atoms with E-state index in [4.69, 9.17) is 0 Å². The van der Waals surface area contributed by atoms with Crippen molar-refractivity contribution in [3.8, 4) is 0 Å². The highest BCUT2D eigenvalue weighted by atomic mass is 14.9. The number of rotatable bonds is 12. The summed E-state index contributed by atoms with van der Waals surface area (Å²) in [4.78, 5) is 0. The highest BCUT2D eigenvalue weighted by Gasteiger charge is 2.25. The molecule has 0 spiro atoms. The molecule has 0 radical (unpaired) electrons. The normalized spacial score (nSPS) is 18.3. The van der Waals surface area contributed by atoms with Gasteiger partial charge in [0.1, 0.15) is 0 Å².